The molecular weight excluding hydrogens is 222 g/mol. The molecule has 1 aromatic carbocycles. The molecule has 1 saturated carbocycles. The third-order valence-corrected chi connectivity index (χ3v) is 4.50. The van der Waals surface area contributed by atoms with E-state index in [0.717, 1.165) is 12.3 Å². The van der Waals surface area contributed by atoms with Crippen molar-refractivity contribution in [3.8, 4) is 5.75 Å². The molecule has 18 heavy (non-hydrogen) atoms. The second kappa shape index (κ2) is 5.31. The van der Waals surface area contributed by atoms with Crippen LogP contribution < -0.4 is 10.5 Å². The molecule has 1 fully saturated rings. The largest absolute Gasteiger partial charge is 0.496 e. The second-order valence-electron chi connectivity index (χ2n) is 5.65. The molecule has 2 rings (SSSR count). The number of methoxy groups -OCH3 is 1. The van der Waals surface area contributed by atoms with Gasteiger partial charge in [-0.15, -0.1) is 0 Å². The van der Waals surface area contributed by atoms with Gasteiger partial charge in [-0.05, 0) is 37.8 Å². The van der Waals surface area contributed by atoms with Gasteiger partial charge in [-0.1, -0.05) is 31.4 Å². The fourth-order valence-corrected chi connectivity index (χ4v) is 3.49. The zero-order valence-electron chi connectivity index (χ0n) is 11.9. The lowest BCUT2D eigenvalue weighted by atomic mass is 9.67. The normalized spacial score (nSPS) is 18.7. The molecule has 0 heterocycles. The van der Waals surface area contributed by atoms with Crippen molar-refractivity contribution >= 4 is 0 Å². The molecule has 0 bridgehead atoms. The molecule has 1 aliphatic rings. The molecule has 0 spiro atoms. The van der Waals surface area contributed by atoms with E-state index in [1.807, 2.05) is 0 Å². The quantitative estimate of drug-likeness (QED) is 0.887. The van der Waals surface area contributed by atoms with E-state index < -0.39 is 0 Å². The minimum atomic E-state index is 0.139. The Kier molecular flexibility index (Phi) is 3.96. The summed E-state index contributed by atoms with van der Waals surface area (Å²) in [4.78, 5) is 0. The van der Waals surface area contributed by atoms with Crippen LogP contribution in [0.5, 0.6) is 5.75 Å². The molecule has 1 aliphatic carbocycles. The molecule has 0 saturated heterocycles. The predicted molar refractivity (Wildman–Crippen MR) is 76.3 cm³/mol. The topological polar surface area (TPSA) is 35.2 Å². The molecule has 0 unspecified atom stereocenters. The second-order valence-corrected chi connectivity index (χ2v) is 5.65. The average molecular weight is 247 g/mol. The summed E-state index contributed by atoms with van der Waals surface area (Å²) in [5.41, 5.74) is 10.2. The van der Waals surface area contributed by atoms with Crippen LogP contribution in [0.2, 0.25) is 0 Å². The number of hydrogen-bond acceptors (Lipinski definition) is 2. The van der Waals surface area contributed by atoms with E-state index in [9.17, 15) is 0 Å². The first kappa shape index (κ1) is 13.4. The zero-order chi connectivity index (χ0) is 13.2. The minimum absolute atomic E-state index is 0.139. The van der Waals surface area contributed by atoms with Gasteiger partial charge in [-0.25, -0.2) is 0 Å². The minimum Gasteiger partial charge on any atom is -0.496 e. The SMILES string of the molecule is COc1c(C)ccc(C)c1C1(CN)CCCCC1. The van der Waals surface area contributed by atoms with Crippen LogP contribution in [0.15, 0.2) is 12.1 Å². The summed E-state index contributed by atoms with van der Waals surface area (Å²) in [5.74, 6) is 1.06. The number of aryl methyl sites for hydroxylation is 2. The third kappa shape index (κ3) is 2.14. The molecule has 0 aliphatic heterocycles. The van der Waals surface area contributed by atoms with Crippen molar-refractivity contribution in [1.82, 2.24) is 0 Å². The Labute approximate surface area is 111 Å². The van der Waals surface area contributed by atoms with E-state index in [0.29, 0.717) is 0 Å². The molecule has 1 aromatic rings. The summed E-state index contributed by atoms with van der Waals surface area (Å²) in [6.07, 6.45) is 6.31. The molecule has 0 amide bonds. The van der Waals surface area contributed by atoms with Crippen LogP contribution in [0.3, 0.4) is 0 Å². The lowest BCUT2D eigenvalue weighted by Crippen LogP contribution is -2.38. The first-order chi connectivity index (χ1) is 8.64. The van der Waals surface area contributed by atoms with E-state index in [-0.39, 0.29) is 5.41 Å². The van der Waals surface area contributed by atoms with Crippen molar-refractivity contribution < 1.29 is 4.74 Å². The Hall–Kier alpha value is -1.02. The van der Waals surface area contributed by atoms with Crippen LogP contribution in [0.4, 0.5) is 0 Å². The first-order valence-electron chi connectivity index (χ1n) is 6.99. The van der Waals surface area contributed by atoms with Crippen LogP contribution in [-0.4, -0.2) is 13.7 Å². The summed E-state index contributed by atoms with van der Waals surface area (Å²) in [7, 11) is 1.78. The summed E-state index contributed by atoms with van der Waals surface area (Å²) < 4.78 is 5.68. The van der Waals surface area contributed by atoms with Gasteiger partial charge in [0.15, 0.2) is 0 Å². The molecule has 2 heteroatoms. The average Bonchev–Trinajstić information content (AvgIpc) is 2.41. The standard InChI is InChI=1S/C16H25NO/c1-12-7-8-13(2)15(18-3)14(12)16(11-17)9-5-4-6-10-16/h7-8H,4-6,9-11,17H2,1-3H3. The van der Waals surface area contributed by atoms with Crippen molar-refractivity contribution in [2.24, 2.45) is 5.73 Å². The van der Waals surface area contributed by atoms with Crippen LogP contribution in [-0.2, 0) is 5.41 Å². The van der Waals surface area contributed by atoms with Gasteiger partial charge in [0.1, 0.15) is 5.75 Å². The van der Waals surface area contributed by atoms with Gasteiger partial charge in [0.25, 0.3) is 0 Å². The highest BCUT2D eigenvalue weighted by atomic mass is 16.5. The molecule has 2 N–H and O–H groups in total. The van der Waals surface area contributed by atoms with Crippen molar-refractivity contribution in [2.45, 2.75) is 51.4 Å². The van der Waals surface area contributed by atoms with Gasteiger partial charge < -0.3 is 10.5 Å². The molecule has 0 radical (unpaired) electrons. The predicted octanol–water partition coefficient (Wildman–Crippen LogP) is 3.47. The highest BCUT2D eigenvalue weighted by Crippen LogP contribution is 2.45. The zero-order valence-corrected chi connectivity index (χ0v) is 11.9. The maximum Gasteiger partial charge on any atom is 0.125 e. The maximum atomic E-state index is 6.16. The Balaban J connectivity index is 2.56. The van der Waals surface area contributed by atoms with E-state index in [1.165, 1.54) is 48.8 Å². The summed E-state index contributed by atoms with van der Waals surface area (Å²) in [6.45, 7) is 5.03. The van der Waals surface area contributed by atoms with Crippen molar-refractivity contribution in [3.63, 3.8) is 0 Å². The van der Waals surface area contributed by atoms with Crippen LogP contribution in [0.1, 0.15) is 48.8 Å². The Bertz CT molecular complexity index is 419. The van der Waals surface area contributed by atoms with Crippen LogP contribution in [0.25, 0.3) is 0 Å². The number of nitrogens with two attached hydrogens (primary N) is 1. The number of rotatable bonds is 3. The van der Waals surface area contributed by atoms with E-state index in [1.54, 1.807) is 7.11 Å². The molecular formula is C16H25NO. The van der Waals surface area contributed by atoms with Gasteiger partial charge >= 0.3 is 0 Å². The Morgan fingerprint density at radius 2 is 1.72 bits per heavy atom. The fourth-order valence-electron chi connectivity index (χ4n) is 3.49. The smallest absolute Gasteiger partial charge is 0.125 e. The molecule has 100 valence electrons. The third-order valence-electron chi connectivity index (χ3n) is 4.50. The Morgan fingerprint density at radius 3 is 2.28 bits per heavy atom. The number of ether oxygens (including phenoxy) is 1. The van der Waals surface area contributed by atoms with Gasteiger partial charge in [-0.2, -0.15) is 0 Å². The molecule has 0 atom stereocenters. The lowest BCUT2D eigenvalue weighted by molar-refractivity contribution is 0.286. The van der Waals surface area contributed by atoms with Gasteiger partial charge in [-0.3, -0.25) is 0 Å². The van der Waals surface area contributed by atoms with E-state index in [4.69, 9.17) is 10.5 Å². The van der Waals surface area contributed by atoms with Gasteiger partial charge in [0.05, 0.1) is 7.11 Å². The summed E-state index contributed by atoms with van der Waals surface area (Å²) in [6, 6.07) is 4.35. The number of hydrogen-bond donors (Lipinski definition) is 1. The first-order valence-corrected chi connectivity index (χ1v) is 6.99. The van der Waals surface area contributed by atoms with Gasteiger partial charge in [0, 0.05) is 17.5 Å². The molecule has 0 aromatic heterocycles. The Morgan fingerprint density at radius 1 is 1.11 bits per heavy atom. The van der Waals surface area contributed by atoms with Crippen molar-refractivity contribution in [2.75, 3.05) is 13.7 Å². The number of benzene rings is 1. The van der Waals surface area contributed by atoms with Gasteiger partial charge in [0.2, 0.25) is 0 Å². The summed E-state index contributed by atoms with van der Waals surface area (Å²) in [5, 5.41) is 0. The highest BCUT2D eigenvalue weighted by molar-refractivity contribution is 5.50. The van der Waals surface area contributed by atoms with Crippen LogP contribution in [0, 0.1) is 13.8 Å². The molecule has 2 nitrogen and oxygen atoms in total. The fraction of sp³-hybridized carbons (Fsp3) is 0.625. The van der Waals surface area contributed by atoms with Crippen molar-refractivity contribution in [3.05, 3.63) is 28.8 Å². The monoisotopic (exact) mass is 247 g/mol. The highest BCUT2D eigenvalue weighted by Gasteiger charge is 2.36. The summed E-state index contributed by atoms with van der Waals surface area (Å²) >= 11 is 0. The lowest BCUT2D eigenvalue weighted by Gasteiger charge is -2.39. The maximum absolute atomic E-state index is 6.16. The van der Waals surface area contributed by atoms with Crippen molar-refractivity contribution in [1.29, 1.82) is 0 Å². The van der Waals surface area contributed by atoms with E-state index >= 15 is 0 Å². The van der Waals surface area contributed by atoms with Crippen LogP contribution >= 0.6 is 0 Å². The van der Waals surface area contributed by atoms with E-state index in [2.05, 4.69) is 26.0 Å².